The SMILES string of the molecule is Cc1ccn2cc(CC3CCCCS3(=O)=O)nc2c1. The summed E-state index contributed by atoms with van der Waals surface area (Å²) in [6, 6.07) is 4.04. The molecule has 0 aromatic carbocycles. The van der Waals surface area contributed by atoms with Crippen molar-refractivity contribution in [3.8, 4) is 0 Å². The molecule has 0 radical (unpaired) electrons. The van der Waals surface area contributed by atoms with Crippen LogP contribution in [-0.2, 0) is 16.3 Å². The molecule has 0 saturated carbocycles. The summed E-state index contributed by atoms with van der Waals surface area (Å²) in [7, 11) is -2.92. The molecule has 1 aliphatic rings. The smallest absolute Gasteiger partial charge is 0.153 e. The van der Waals surface area contributed by atoms with Crippen molar-refractivity contribution in [3.63, 3.8) is 0 Å². The lowest BCUT2D eigenvalue weighted by Gasteiger charge is -2.21. The monoisotopic (exact) mass is 278 g/mol. The van der Waals surface area contributed by atoms with Gasteiger partial charge in [-0.15, -0.1) is 0 Å². The summed E-state index contributed by atoms with van der Waals surface area (Å²) in [6.07, 6.45) is 7.05. The van der Waals surface area contributed by atoms with Crippen LogP contribution in [0.25, 0.3) is 5.65 Å². The summed E-state index contributed by atoms with van der Waals surface area (Å²) in [5, 5.41) is -0.243. The number of aromatic nitrogens is 2. The van der Waals surface area contributed by atoms with Crippen LogP contribution in [0.4, 0.5) is 0 Å². The molecule has 0 spiro atoms. The molecular formula is C14H18N2O2S. The van der Waals surface area contributed by atoms with E-state index in [0.717, 1.165) is 36.2 Å². The quantitative estimate of drug-likeness (QED) is 0.846. The van der Waals surface area contributed by atoms with Crippen LogP contribution in [0.5, 0.6) is 0 Å². The summed E-state index contributed by atoms with van der Waals surface area (Å²) >= 11 is 0. The molecule has 1 unspecified atom stereocenters. The third-order valence-corrected chi connectivity index (χ3v) is 6.09. The minimum Gasteiger partial charge on any atom is -0.307 e. The number of hydrogen-bond donors (Lipinski definition) is 0. The predicted molar refractivity (Wildman–Crippen MR) is 75.1 cm³/mol. The minimum atomic E-state index is -2.92. The average molecular weight is 278 g/mol. The minimum absolute atomic E-state index is 0.243. The highest BCUT2D eigenvalue weighted by molar-refractivity contribution is 7.92. The molecule has 5 heteroatoms. The molecule has 3 heterocycles. The van der Waals surface area contributed by atoms with Gasteiger partial charge in [0.15, 0.2) is 9.84 Å². The van der Waals surface area contributed by atoms with Crippen molar-refractivity contribution in [2.45, 2.75) is 37.9 Å². The van der Waals surface area contributed by atoms with Crippen LogP contribution in [0.3, 0.4) is 0 Å². The standard InChI is InChI=1S/C14H18N2O2S/c1-11-5-6-16-10-12(15-14(16)8-11)9-13-4-2-3-7-19(13,17)18/h5-6,8,10,13H,2-4,7,9H2,1H3. The number of imidazole rings is 1. The number of pyridine rings is 1. The second kappa shape index (κ2) is 4.63. The Morgan fingerprint density at radius 2 is 2.26 bits per heavy atom. The second-order valence-corrected chi connectivity index (χ2v) is 7.79. The third kappa shape index (κ3) is 2.52. The average Bonchev–Trinajstić information content (AvgIpc) is 2.73. The van der Waals surface area contributed by atoms with Gasteiger partial charge in [0, 0.05) is 18.8 Å². The lowest BCUT2D eigenvalue weighted by molar-refractivity contribution is 0.536. The van der Waals surface area contributed by atoms with Gasteiger partial charge in [-0.25, -0.2) is 13.4 Å². The van der Waals surface area contributed by atoms with Crippen LogP contribution in [0, 0.1) is 6.92 Å². The molecule has 0 bridgehead atoms. The van der Waals surface area contributed by atoms with Crippen LogP contribution in [0.1, 0.15) is 30.5 Å². The summed E-state index contributed by atoms with van der Waals surface area (Å²) < 4.78 is 26.0. The van der Waals surface area contributed by atoms with Gasteiger partial charge in [0.2, 0.25) is 0 Å². The van der Waals surface area contributed by atoms with Crippen molar-refractivity contribution in [2.24, 2.45) is 0 Å². The number of fused-ring (bicyclic) bond motifs is 1. The number of nitrogens with zero attached hydrogens (tertiary/aromatic N) is 2. The Bertz CT molecular complexity index is 703. The first-order valence-corrected chi connectivity index (χ1v) is 8.42. The summed E-state index contributed by atoms with van der Waals surface area (Å²) in [5.74, 6) is 0.337. The molecular weight excluding hydrogens is 260 g/mol. The molecule has 0 amide bonds. The van der Waals surface area contributed by atoms with Gasteiger partial charge in [0.05, 0.1) is 16.7 Å². The highest BCUT2D eigenvalue weighted by Gasteiger charge is 2.29. The van der Waals surface area contributed by atoms with Gasteiger partial charge in [0.1, 0.15) is 5.65 Å². The Labute approximate surface area is 113 Å². The zero-order valence-corrected chi connectivity index (χ0v) is 11.9. The maximum absolute atomic E-state index is 12.0. The zero-order valence-electron chi connectivity index (χ0n) is 11.0. The number of rotatable bonds is 2. The van der Waals surface area contributed by atoms with Gasteiger partial charge in [-0.05, 0) is 37.5 Å². The van der Waals surface area contributed by atoms with E-state index in [1.54, 1.807) is 0 Å². The fourth-order valence-corrected chi connectivity index (χ4v) is 4.61. The molecule has 0 N–H and O–H groups in total. The number of sulfone groups is 1. The Morgan fingerprint density at radius 1 is 1.42 bits per heavy atom. The molecule has 1 saturated heterocycles. The summed E-state index contributed by atoms with van der Waals surface area (Å²) in [4.78, 5) is 4.53. The van der Waals surface area contributed by atoms with Crippen molar-refractivity contribution in [1.82, 2.24) is 9.38 Å². The van der Waals surface area contributed by atoms with Crippen molar-refractivity contribution in [2.75, 3.05) is 5.75 Å². The Morgan fingerprint density at radius 3 is 3.05 bits per heavy atom. The summed E-state index contributed by atoms with van der Waals surface area (Å²) in [5.41, 5.74) is 2.93. The zero-order chi connectivity index (χ0) is 13.5. The Kier molecular flexibility index (Phi) is 3.09. The van der Waals surface area contributed by atoms with E-state index in [9.17, 15) is 8.42 Å². The lowest BCUT2D eigenvalue weighted by Crippen LogP contribution is -2.30. The van der Waals surface area contributed by atoms with Crippen LogP contribution in [0.15, 0.2) is 24.5 Å². The maximum atomic E-state index is 12.0. The molecule has 3 rings (SSSR count). The maximum Gasteiger partial charge on any atom is 0.153 e. The van der Waals surface area contributed by atoms with Crippen molar-refractivity contribution < 1.29 is 8.42 Å². The highest BCUT2D eigenvalue weighted by Crippen LogP contribution is 2.23. The normalized spacial score (nSPS) is 22.7. The van der Waals surface area contributed by atoms with E-state index < -0.39 is 9.84 Å². The molecule has 1 atom stereocenters. The first-order chi connectivity index (χ1) is 9.04. The van der Waals surface area contributed by atoms with Crippen LogP contribution >= 0.6 is 0 Å². The lowest BCUT2D eigenvalue weighted by atomic mass is 10.1. The number of aryl methyl sites for hydroxylation is 1. The van der Waals surface area contributed by atoms with Gasteiger partial charge in [-0.1, -0.05) is 6.42 Å². The molecule has 1 fully saturated rings. The topological polar surface area (TPSA) is 51.4 Å². The van der Waals surface area contributed by atoms with Crippen LogP contribution in [-0.4, -0.2) is 28.8 Å². The molecule has 4 nitrogen and oxygen atoms in total. The third-order valence-electron chi connectivity index (χ3n) is 3.82. The van der Waals surface area contributed by atoms with E-state index in [2.05, 4.69) is 4.98 Å². The van der Waals surface area contributed by atoms with Crippen molar-refractivity contribution >= 4 is 15.5 Å². The summed E-state index contributed by atoms with van der Waals surface area (Å²) in [6.45, 7) is 2.03. The molecule has 19 heavy (non-hydrogen) atoms. The fraction of sp³-hybridized carbons (Fsp3) is 0.500. The highest BCUT2D eigenvalue weighted by atomic mass is 32.2. The van der Waals surface area contributed by atoms with E-state index in [-0.39, 0.29) is 5.25 Å². The molecule has 2 aromatic rings. The van der Waals surface area contributed by atoms with Gasteiger partial charge in [-0.3, -0.25) is 0 Å². The first kappa shape index (κ1) is 12.7. The van der Waals surface area contributed by atoms with E-state index in [1.165, 1.54) is 0 Å². The molecule has 0 aliphatic carbocycles. The van der Waals surface area contributed by atoms with E-state index in [4.69, 9.17) is 0 Å². The van der Waals surface area contributed by atoms with Gasteiger partial charge in [-0.2, -0.15) is 0 Å². The fourth-order valence-electron chi connectivity index (χ4n) is 2.72. The molecule has 1 aliphatic heterocycles. The Hall–Kier alpha value is -1.36. The largest absolute Gasteiger partial charge is 0.307 e. The van der Waals surface area contributed by atoms with Crippen LogP contribution in [0.2, 0.25) is 0 Å². The predicted octanol–water partition coefficient (Wildman–Crippen LogP) is 2.15. The van der Waals surface area contributed by atoms with Gasteiger partial charge >= 0.3 is 0 Å². The van der Waals surface area contributed by atoms with E-state index in [0.29, 0.717) is 12.2 Å². The first-order valence-electron chi connectivity index (χ1n) is 6.70. The van der Waals surface area contributed by atoms with Crippen molar-refractivity contribution in [1.29, 1.82) is 0 Å². The Balaban J connectivity index is 1.88. The number of hydrogen-bond acceptors (Lipinski definition) is 3. The van der Waals surface area contributed by atoms with Gasteiger partial charge in [0.25, 0.3) is 0 Å². The second-order valence-electron chi connectivity index (χ2n) is 5.39. The van der Waals surface area contributed by atoms with E-state index in [1.807, 2.05) is 35.9 Å². The van der Waals surface area contributed by atoms with Gasteiger partial charge < -0.3 is 4.40 Å². The van der Waals surface area contributed by atoms with Crippen LogP contribution < -0.4 is 0 Å². The molecule has 102 valence electrons. The van der Waals surface area contributed by atoms with E-state index >= 15 is 0 Å². The molecule has 2 aromatic heterocycles. The van der Waals surface area contributed by atoms with Crippen molar-refractivity contribution in [3.05, 3.63) is 35.8 Å².